The Balaban J connectivity index is 1.62. The number of aliphatic hydroxyl groups is 1. The van der Waals surface area contributed by atoms with Crippen molar-refractivity contribution < 1.29 is 5.11 Å². The highest BCUT2D eigenvalue weighted by Crippen LogP contribution is 2.62. The highest BCUT2D eigenvalue weighted by atomic mass is 16.3. The molecule has 0 aromatic heterocycles. The minimum absolute atomic E-state index is 0.0601. The number of nitrogens with zero attached hydrogens (tertiary/aromatic N) is 1. The van der Waals surface area contributed by atoms with Crippen LogP contribution in [0.25, 0.3) is 0 Å². The van der Waals surface area contributed by atoms with Crippen LogP contribution in [0, 0.1) is 17.3 Å². The van der Waals surface area contributed by atoms with Crippen LogP contribution in [0.1, 0.15) is 51.4 Å². The van der Waals surface area contributed by atoms with Crippen molar-refractivity contribution >= 4 is 0 Å². The molecule has 4 rings (SSSR count). The fourth-order valence-electron chi connectivity index (χ4n) is 6.15. The van der Waals surface area contributed by atoms with Gasteiger partial charge in [-0.05, 0) is 63.3 Å². The molecule has 0 amide bonds. The molecule has 3 heteroatoms. The van der Waals surface area contributed by atoms with Crippen LogP contribution < -0.4 is 5.73 Å². The maximum Gasteiger partial charge on any atom is 0.0745 e. The Morgan fingerprint density at radius 2 is 2.05 bits per heavy atom. The second-order valence-electron chi connectivity index (χ2n) is 7.76. The molecular weight excluding hydrogens is 236 g/mol. The van der Waals surface area contributed by atoms with Crippen LogP contribution in [-0.2, 0) is 0 Å². The molecule has 2 aliphatic carbocycles. The van der Waals surface area contributed by atoms with Gasteiger partial charge < -0.3 is 15.7 Å². The van der Waals surface area contributed by atoms with Crippen LogP contribution in [0.5, 0.6) is 0 Å². The van der Waals surface area contributed by atoms with E-state index in [4.69, 9.17) is 5.73 Å². The molecule has 0 aromatic carbocycles. The van der Waals surface area contributed by atoms with E-state index < -0.39 is 5.60 Å². The lowest BCUT2D eigenvalue weighted by atomic mass is 9.58. The van der Waals surface area contributed by atoms with Gasteiger partial charge in [-0.3, -0.25) is 0 Å². The summed E-state index contributed by atoms with van der Waals surface area (Å²) in [5.74, 6) is 1.57. The van der Waals surface area contributed by atoms with Crippen LogP contribution >= 0.6 is 0 Å². The summed E-state index contributed by atoms with van der Waals surface area (Å²) in [5, 5.41) is 11.5. The molecule has 4 fully saturated rings. The Morgan fingerprint density at radius 3 is 2.74 bits per heavy atom. The zero-order valence-corrected chi connectivity index (χ0v) is 12.0. The maximum atomic E-state index is 11.5. The molecule has 3 nitrogen and oxygen atoms in total. The van der Waals surface area contributed by atoms with Crippen molar-refractivity contribution in [1.82, 2.24) is 4.90 Å². The van der Waals surface area contributed by atoms with Crippen LogP contribution in [0.4, 0.5) is 0 Å². The van der Waals surface area contributed by atoms with E-state index in [0.29, 0.717) is 18.5 Å². The van der Waals surface area contributed by atoms with E-state index in [1.54, 1.807) is 0 Å². The first-order chi connectivity index (χ1) is 9.17. The predicted octanol–water partition coefficient (Wildman–Crippen LogP) is 1.74. The van der Waals surface area contributed by atoms with Gasteiger partial charge in [-0.2, -0.15) is 0 Å². The number of hydrogen-bond acceptors (Lipinski definition) is 3. The Labute approximate surface area is 116 Å². The van der Waals surface area contributed by atoms with E-state index in [9.17, 15) is 5.11 Å². The molecule has 2 heterocycles. The minimum Gasteiger partial charge on any atom is -0.389 e. The van der Waals surface area contributed by atoms with E-state index in [1.165, 1.54) is 45.1 Å². The first-order valence-corrected chi connectivity index (χ1v) is 8.33. The highest BCUT2D eigenvalue weighted by molar-refractivity contribution is 5.13. The number of piperidine rings is 1. The zero-order chi connectivity index (χ0) is 13.1. The van der Waals surface area contributed by atoms with Crippen molar-refractivity contribution in [3.8, 4) is 0 Å². The Bertz CT molecular complexity index is 374. The number of rotatable bonds is 2. The van der Waals surface area contributed by atoms with Gasteiger partial charge in [-0.15, -0.1) is 0 Å². The molecule has 0 aromatic rings. The van der Waals surface area contributed by atoms with E-state index >= 15 is 0 Å². The van der Waals surface area contributed by atoms with E-state index in [1.807, 2.05) is 0 Å². The Hall–Kier alpha value is -0.120. The molecule has 0 radical (unpaired) electrons. The smallest absolute Gasteiger partial charge is 0.0745 e. The lowest BCUT2D eigenvalue weighted by molar-refractivity contribution is -0.149. The lowest BCUT2D eigenvalue weighted by Gasteiger charge is -2.54. The number of hydrogen-bond donors (Lipinski definition) is 2. The molecule has 4 aliphatic rings. The SMILES string of the molecule is NCC1(C2(O)CCN3CCCC3C2)CC2CCC1C2. The lowest BCUT2D eigenvalue weighted by Crippen LogP contribution is -2.61. The van der Waals surface area contributed by atoms with Crippen molar-refractivity contribution in [3.05, 3.63) is 0 Å². The number of fused-ring (bicyclic) bond motifs is 3. The third kappa shape index (κ3) is 1.61. The van der Waals surface area contributed by atoms with Gasteiger partial charge in [0, 0.05) is 24.5 Å². The Morgan fingerprint density at radius 1 is 1.16 bits per heavy atom. The zero-order valence-electron chi connectivity index (χ0n) is 12.0. The van der Waals surface area contributed by atoms with Gasteiger partial charge in [0.2, 0.25) is 0 Å². The topological polar surface area (TPSA) is 49.5 Å². The third-order valence-corrected chi connectivity index (χ3v) is 7.15. The molecule has 0 spiro atoms. The standard InChI is InChI=1S/C16H28N2O/c17-11-15(9-12-3-4-13(15)8-12)16(19)5-7-18-6-1-2-14(18)10-16/h12-14,19H,1-11,17H2. The van der Waals surface area contributed by atoms with Gasteiger partial charge in [0.25, 0.3) is 0 Å². The highest BCUT2D eigenvalue weighted by Gasteiger charge is 2.62. The molecule has 19 heavy (non-hydrogen) atoms. The summed E-state index contributed by atoms with van der Waals surface area (Å²) in [6.45, 7) is 3.06. The fraction of sp³-hybridized carbons (Fsp3) is 1.00. The second kappa shape index (κ2) is 4.19. The van der Waals surface area contributed by atoms with Gasteiger partial charge in [0.15, 0.2) is 0 Å². The minimum atomic E-state index is -0.465. The van der Waals surface area contributed by atoms with Gasteiger partial charge >= 0.3 is 0 Å². The first-order valence-electron chi connectivity index (χ1n) is 8.33. The van der Waals surface area contributed by atoms with E-state index in [2.05, 4.69) is 4.90 Å². The first kappa shape index (κ1) is 12.6. The van der Waals surface area contributed by atoms with E-state index in [0.717, 1.165) is 25.3 Å². The molecule has 2 bridgehead atoms. The second-order valence-corrected chi connectivity index (χ2v) is 7.76. The van der Waals surface area contributed by atoms with Crippen molar-refractivity contribution in [2.24, 2.45) is 23.0 Å². The van der Waals surface area contributed by atoms with E-state index in [-0.39, 0.29) is 5.41 Å². The third-order valence-electron chi connectivity index (χ3n) is 7.15. The van der Waals surface area contributed by atoms with Gasteiger partial charge in [0.05, 0.1) is 5.60 Å². The summed E-state index contributed by atoms with van der Waals surface area (Å²) in [5.41, 5.74) is 5.83. The largest absolute Gasteiger partial charge is 0.389 e. The van der Waals surface area contributed by atoms with Crippen LogP contribution in [0.15, 0.2) is 0 Å². The van der Waals surface area contributed by atoms with Gasteiger partial charge in [-0.1, -0.05) is 6.42 Å². The van der Waals surface area contributed by atoms with Crippen LogP contribution in [-0.4, -0.2) is 41.3 Å². The molecule has 3 N–H and O–H groups in total. The Kier molecular flexibility index (Phi) is 2.78. The van der Waals surface area contributed by atoms with Crippen LogP contribution in [0.3, 0.4) is 0 Å². The maximum absolute atomic E-state index is 11.5. The van der Waals surface area contributed by atoms with Crippen molar-refractivity contribution in [3.63, 3.8) is 0 Å². The summed E-state index contributed by atoms with van der Waals surface area (Å²) >= 11 is 0. The molecular formula is C16H28N2O. The number of nitrogens with two attached hydrogens (primary N) is 1. The summed E-state index contributed by atoms with van der Waals surface area (Å²) in [6, 6.07) is 0.640. The monoisotopic (exact) mass is 264 g/mol. The summed E-state index contributed by atoms with van der Waals surface area (Å²) < 4.78 is 0. The van der Waals surface area contributed by atoms with Crippen LogP contribution in [0.2, 0.25) is 0 Å². The average Bonchev–Trinajstić information content (AvgIpc) is 3.12. The average molecular weight is 264 g/mol. The quantitative estimate of drug-likeness (QED) is 0.799. The summed E-state index contributed by atoms with van der Waals surface area (Å²) in [4.78, 5) is 2.60. The summed E-state index contributed by atoms with van der Waals surface area (Å²) in [7, 11) is 0. The molecule has 5 unspecified atom stereocenters. The molecule has 2 aliphatic heterocycles. The predicted molar refractivity (Wildman–Crippen MR) is 75.7 cm³/mol. The molecule has 108 valence electrons. The molecule has 2 saturated heterocycles. The van der Waals surface area contributed by atoms with Crippen molar-refractivity contribution in [1.29, 1.82) is 0 Å². The molecule has 2 saturated carbocycles. The van der Waals surface area contributed by atoms with Gasteiger partial charge in [-0.25, -0.2) is 0 Å². The van der Waals surface area contributed by atoms with Crippen molar-refractivity contribution in [2.75, 3.05) is 19.6 Å². The van der Waals surface area contributed by atoms with Crippen molar-refractivity contribution in [2.45, 2.75) is 63.0 Å². The van der Waals surface area contributed by atoms with Gasteiger partial charge in [0.1, 0.15) is 0 Å². The summed E-state index contributed by atoms with van der Waals surface area (Å²) in [6.07, 6.45) is 9.82. The normalized spacial score (nSPS) is 53.7. The fourth-order valence-corrected chi connectivity index (χ4v) is 6.15. The molecule has 5 atom stereocenters.